The Balaban J connectivity index is -0.000000307. The Labute approximate surface area is 316 Å². The second-order valence-corrected chi connectivity index (χ2v) is 18.8. The third kappa shape index (κ3) is 68.1. The molecule has 0 fully saturated rings. The molecule has 0 amide bonds. The van der Waals surface area contributed by atoms with Gasteiger partial charge < -0.3 is 29.4 Å². The van der Waals surface area contributed by atoms with Crippen LogP contribution in [0.25, 0.3) is 0 Å². The molecule has 0 spiro atoms. The molecule has 3 N–H and O–H groups in total. The molecule has 0 saturated heterocycles. The van der Waals surface area contributed by atoms with Crippen molar-refractivity contribution in [3.8, 4) is 0 Å². The first-order chi connectivity index (χ1) is 22.7. The number of hydrogen-bond acceptors (Lipinski definition) is 9. The van der Waals surface area contributed by atoms with E-state index in [1.807, 2.05) is 0 Å². The Morgan fingerprint density at radius 3 is 0.714 bits per heavy atom. The Kier molecular flexibility index (Phi) is 49.3. The minimum absolute atomic E-state index is 0. The average Bonchev–Trinajstić information content (AvgIpc) is 2.99. The standard InChI is InChI=1S/3C12H27O3P.Al/c3*1-2-3-4-5-6-7-8-9-10-11-12-16(13,14)15;/h3*2-12H2,1H3,(H2,13,14,15);/q;;;+3/p-3. The number of unbranched alkanes of at least 4 members (excludes halogenated alkanes) is 27. The Morgan fingerprint density at radius 2 is 0.510 bits per heavy atom. The van der Waals surface area contributed by atoms with E-state index < -0.39 is 23.8 Å². The molecule has 13 heteroatoms. The van der Waals surface area contributed by atoms with Crippen LogP contribution in [0, 0.1) is 0 Å². The topological polar surface area (TPSA) is 199 Å². The molecule has 0 aromatic heterocycles. The molecule has 0 aromatic rings. The maximum absolute atomic E-state index is 10.6. The Morgan fingerprint density at radius 1 is 0.306 bits per heavy atom. The van der Waals surface area contributed by atoms with E-state index in [1.54, 1.807) is 0 Å². The molecule has 0 heterocycles. The van der Waals surface area contributed by atoms with Crippen molar-refractivity contribution in [1.29, 1.82) is 0 Å². The van der Waals surface area contributed by atoms with Gasteiger partial charge in [-0.05, 0) is 38.5 Å². The molecule has 0 aliphatic carbocycles. The van der Waals surface area contributed by atoms with Crippen molar-refractivity contribution < 1.29 is 44.0 Å². The molecular formula is C36H78AlO9P3. The summed E-state index contributed by atoms with van der Waals surface area (Å²) in [4.78, 5) is 88.3. The summed E-state index contributed by atoms with van der Waals surface area (Å²) in [5.41, 5.74) is 0. The number of rotatable bonds is 33. The predicted octanol–water partition coefficient (Wildman–Crippen LogP) is 6.77. The van der Waals surface area contributed by atoms with Crippen LogP contribution in [0.1, 0.15) is 213 Å². The summed E-state index contributed by atoms with van der Waals surface area (Å²) in [6.07, 6.45) is 34.9. The molecule has 0 bridgehead atoms. The van der Waals surface area contributed by atoms with Gasteiger partial charge in [-0.25, -0.2) is 9.79 Å². The zero-order chi connectivity index (χ0) is 36.8. The summed E-state index contributed by atoms with van der Waals surface area (Å²) >= 11 is 0. The summed E-state index contributed by atoms with van der Waals surface area (Å²) in [6.45, 7) is 6.65. The van der Waals surface area contributed by atoms with Crippen LogP contribution in [0.5, 0.6) is 0 Å². The maximum Gasteiger partial charge on any atom is 3.00 e. The van der Waals surface area contributed by atoms with E-state index in [-0.39, 0.29) is 35.8 Å². The summed E-state index contributed by atoms with van der Waals surface area (Å²) < 4.78 is 0. The Hall–Kier alpha value is 1.46. The minimum atomic E-state index is -4.24. The van der Waals surface area contributed by atoms with Crippen molar-refractivity contribution in [2.24, 2.45) is 0 Å². The first-order valence-electron chi connectivity index (χ1n) is 19.8. The minimum Gasteiger partial charge on any atom is -0.688 e. The summed E-state index contributed by atoms with van der Waals surface area (Å²) in [5.74, 6) is 0. The fourth-order valence-corrected chi connectivity index (χ4v) is 7.27. The van der Waals surface area contributed by atoms with Crippen LogP contribution in [0.15, 0.2) is 0 Å². The normalized spacial score (nSPS) is 11.8. The van der Waals surface area contributed by atoms with Crippen molar-refractivity contribution >= 4 is 41.2 Å². The van der Waals surface area contributed by atoms with Gasteiger partial charge in [0.2, 0.25) is 7.94 Å². The SMILES string of the molecule is CCCCCCCCCCCC[P+]([O-])(O)O.CCCCCCCCCCCC[P+]([O-])([O-])O.CCCCCCCCCCCC[P+]([O-])([O-])[O-].[Al+3]. The molecule has 0 aromatic carbocycles. The molecule has 49 heavy (non-hydrogen) atoms. The molecule has 0 saturated carbocycles. The first-order valence-corrected chi connectivity index (χ1v) is 25.1. The molecule has 0 radical (unpaired) electrons. The van der Waals surface area contributed by atoms with Crippen LogP contribution >= 0.6 is 23.8 Å². The summed E-state index contributed by atoms with van der Waals surface area (Å²) in [6, 6.07) is 0. The molecule has 0 atom stereocenters. The van der Waals surface area contributed by atoms with Gasteiger partial charge in [0.25, 0.3) is 0 Å². The molecule has 0 aliphatic heterocycles. The fraction of sp³-hybridized carbons (Fsp3) is 1.00. The monoisotopic (exact) mass is 774 g/mol. The van der Waals surface area contributed by atoms with Gasteiger partial charge in [0, 0.05) is 14.1 Å². The van der Waals surface area contributed by atoms with Gasteiger partial charge in [-0.3, -0.25) is 4.89 Å². The average molecular weight is 775 g/mol. The molecule has 0 unspecified atom stereocenters. The van der Waals surface area contributed by atoms with Crippen molar-refractivity contribution in [2.45, 2.75) is 213 Å². The van der Waals surface area contributed by atoms with E-state index in [0.29, 0.717) is 19.3 Å². The van der Waals surface area contributed by atoms with Gasteiger partial charge in [0.15, 0.2) is 0 Å². The van der Waals surface area contributed by atoms with Crippen LogP contribution in [-0.2, 0) is 0 Å². The second-order valence-electron chi connectivity index (χ2n) is 13.6. The second kappa shape index (κ2) is 42.2. The van der Waals surface area contributed by atoms with Gasteiger partial charge in [-0.1, -0.05) is 175 Å². The molecule has 0 aliphatic rings. The van der Waals surface area contributed by atoms with E-state index in [4.69, 9.17) is 14.7 Å². The van der Waals surface area contributed by atoms with Gasteiger partial charge >= 0.3 is 17.4 Å². The quantitative estimate of drug-likeness (QED) is 0.0366. The molecular weight excluding hydrogens is 696 g/mol. The van der Waals surface area contributed by atoms with Crippen LogP contribution in [-0.4, -0.2) is 50.5 Å². The van der Waals surface area contributed by atoms with Crippen molar-refractivity contribution in [2.75, 3.05) is 18.5 Å². The predicted molar refractivity (Wildman–Crippen MR) is 203 cm³/mol. The fourth-order valence-electron chi connectivity index (χ4n) is 5.40. The van der Waals surface area contributed by atoms with Crippen LogP contribution in [0.3, 0.4) is 0 Å². The molecule has 9 nitrogen and oxygen atoms in total. The van der Waals surface area contributed by atoms with Crippen molar-refractivity contribution in [1.82, 2.24) is 0 Å². The first kappa shape index (κ1) is 57.2. The number of hydrogen-bond donors (Lipinski definition) is 3. The van der Waals surface area contributed by atoms with E-state index >= 15 is 0 Å². The van der Waals surface area contributed by atoms with E-state index in [9.17, 15) is 29.4 Å². The maximum atomic E-state index is 10.6. The van der Waals surface area contributed by atoms with Gasteiger partial charge in [0.05, 0.1) is 6.16 Å². The van der Waals surface area contributed by atoms with Crippen LogP contribution in [0.2, 0.25) is 0 Å². The zero-order valence-electron chi connectivity index (χ0n) is 32.0. The Bertz CT molecular complexity index is 525. The molecule has 294 valence electrons. The van der Waals surface area contributed by atoms with E-state index in [2.05, 4.69) is 20.8 Å². The third-order valence-electron chi connectivity index (χ3n) is 8.38. The van der Waals surface area contributed by atoms with E-state index in [0.717, 1.165) is 38.5 Å². The van der Waals surface area contributed by atoms with Gasteiger partial charge in [-0.2, -0.15) is 7.94 Å². The zero-order valence-corrected chi connectivity index (χ0v) is 35.9. The van der Waals surface area contributed by atoms with Crippen molar-refractivity contribution in [3.63, 3.8) is 0 Å². The van der Waals surface area contributed by atoms with Crippen molar-refractivity contribution in [3.05, 3.63) is 0 Å². The molecule has 0 rings (SSSR count). The van der Waals surface area contributed by atoms with Gasteiger partial charge in [-0.15, -0.1) is 0 Å². The largest absolute Gasteiger partial charge is 3.00 e. The van der Waals surface area contributed by atoms with Crippen LogP contribution < -0.4 is 29.4 Å². The summed E-state index contributed by atoms with van der Waals surface area (Å²) in [7, 11) is -12.0. The van der Waals surface area contributed by atoms with Gasteiger partial charge in [0.1, 0.15) is 6.16 Å². The summed E-state index contributed by atoms with van der Waals surface area (Å²) in [5, 5.41) is 0. The van der Waals surface area contributed by atoms with E-state index in [1.165, 1.54) is 135 Å². The third-order valence-corrected chi connectivity index (χ3v) is 11.0. The smallest absolute Gasteiger partial charge is 0.688 e. The van der Waals surface area contributed by atoms with Crippen LogP contribution in [0.4, 0.5) is 0 Å².